The minimum absolute atomic E-state index is 0.463. The van der Waals surface area contributed by atoms with Gasteiger partial charge >= 0.3 is 0 Å². The molecular formula is C42H30N10. The summed E-state index contributed by atoms with van der Waals surface area (Å²) < 4.78 is 6.22. The molecular weight excluding hydrogens is 645 g/mol. The number of aliphatic imine (C=N–C) groups is 2. The average Bonchev–Trinajstić information content (AvgIpc) is 3.91. The van der Waals surface area contributed by atoms with E-state index in [1.165, 1.54) is 0 Å². The first-order valence-corrected chi connectivity index (χ1v) is 16.8. The Kier molecular flexibility index (Phi) is 7.59. The number of fused-ring (bicyclic) bond motifs is 2. The van der Waals surface area contributed by atoms with Gasteiger partial charge in [0.1, 0.15) is 17.5 Å². The van der Waals surface area contributed by atoms with Crippen LogP contribution >= 0.6 is 0 Å². The summed E-state index contributed by atoms with van der Waals surface area (Å²) in [6.45, 7) is 5.77. The predicted molar refractivity (Wildman–Crippen MR) is 208 cm³/mol. The highest BCUT2D eigenvalue weighted by molar-refractivity contribution is 5.87. The number of aromatic nitrogens is 8. The maximum absolute atomic E-state index is 5.23. The second-order valence-corrected chi connectivity index (χ2v) is 12.0. The molecule has 4 aromatic heterocycles. The molecule has 248 valence electrons. The van der Waals surface area contributed by atoms with Crippen molar-refractivity contribution in [2.75, 3.05) is 0 Å². The highest BCUT2D eigenvalue weighted by Gasteiger charge is 2.24. The Hall–Kier alpha value is -7.33. The summed E-state index contributed by atoms with van der Waals surface area (Å²) in [5.41, 5.74) is 8.31. The van der Waals surface area contributed by atoms with E-state index in [2.05, 4.69) is 62.7 Å². The fraction of sp³-hybridized carbons (Fsp3) is 0.0238. The van der Waals surface area contributed by atoms with E-state index in [-0.39, 0.29) is 0 Å². The van der Waals surface area contributed by atoms with Crippen molar-refractivity contribution in [1.82, 2.24) is 38.6 Å². The van der Waals surface area contributed by atoms with Gasteiger partial charge in [0.05, 0.1) is 11.0 Å². The molecule has 0 N–H and O–H groups in total. The minimum atomic E-state index is 0.463. The summed E-state index contributed by atoms with van der Waals surface area (Å²) in [6.07, 6.45) is 5.06. The van der Waals surface area contributed by atoms with Gasteiger partial charge in [-0.3, -0.25) is 13.7 Å². The predicted octanol–water partition coefficient (Wildman–Crippen LogP) is 9.40. The SMILES string of the molecule is C=Nc1c(/N=C\C)nc(-c2cc(-c3nc4ccccc4n3-c3ccccc3)cc(-c3nc4nccnc4n3-c3ccccc3)c2)n1-c1ccccc1. The molecule has 0 aliphatic heterocycles. The van der Waals surface area contributed by atoms with Crippen molar-refractivity contribution in [3.8, 4) is 51.2 Å². The monoisotopic (exact) mass is 674 g/mol. The van der Waals surface area contributed by atoms with Gasteiger partial charge in [0, 0.05) is 52.4 Å². The van der Waals surface area contributed by atoms with Crippen molar-refractivity contribution < 1.29 is 0 Å². The zero-order valence-electron chi connectivity index (χ0n) is 28.1. The van der Waals surface area contributed by atoms with E-state index in [4.69, 9.17) is 19.9 Å². The molecule has 10 nitrogen and oxygen atoms in total. The second-order valence-electron chi connectivity index (χ2n) is 12.0. The van der Waals surface area contributed by atoms with E-state index in [1.807, 2.05) is 113 Å². The summed E-state index contributed by atoms with van der Waals surface area (Å²) in [5, 5.41) is 0. The van der Waals surface area contributed by atoms with Crippen molar-refractivity contribution in [3.05, 3.63) is 146 Å². The number of benzene rings is 5. The molecule has 0 radical (unpaired) electrons. The van der Waals surface area contributed by atoms with Crippen LogP contribution < -0.4 is 0 Å². The minimum Gasteiger partial charge on any atom is -0.292 e. The van der Waals surface area contributed by atoms with E-state index in [9.17, 15) is 0 Å². The molecule has 5 aromatic carbocycles. The van der Waals surface area contributed by atoms with Crippen LogP contribution in [0.4, 0.5) is 11.6 Å². The van der Waals surface area contributed by atoms with Gasteiger partial charge in [0.15, 0.2) is 22.9 Å². The smallest absolute Gasteiger partial charge is 0.198 e. The van der Waals surface area contributed by atoms with E-state index in [1.54, 1.807) is 18.6 Å². The molecule has 9 aromatic rings. The number of hydrogen-bond acceptors (Lipinski definition) is 7. The van der Waals surface area contributed by atoms with Gasteiger partial charge in [-0.2, -0.15) is 0 Å². The Balaban J connectivity index is 1.39. The molecule has 0 saturated carbocycles. The van der Waals surface area contributed by atoms with Crippen LogP contribution in [0.3, 0.4) is 0 Å². The Labute approximate surface area is 298 Å². The summed E-state index contributed by atoms with van der Waals surface area (Å²) in [5.74, 6) is 3.07. The average molecular weight is 675 g/mol. The van der Waals surface area contributed by atoms with Gasteiger partial charge in [0.2, 0.25) is 0 Å². The highest BCUT2D eigenvalue weighted by Crippen LogP contribution is 2.41. The lowest BCUT2D eigenvalue weighted by atomic mass is 10.0. The van der Waals surface area contributed by atoms with E-state index >= 15 is 0 Å². The Morgan fingerprint density at radius 2 is 1.08 bits per heavy atom. The van der Waals surface area contributed by atoms with Gasteiger partial charge in [-0.1, -0.05) is 66.7 Å². The molecule has 0 bridgehead atoms. The van der Waals surface area contributed by atoms with Gasteiger partial charge in [0.25, 0.3) is 0 Å². The number of rotatable bonds is 8. The molecule has 0 spiro atoms. The first kappa shape index (κ1) is 30.7. The van der Waals surface area contributed by atoms with Crippen LogP contribution in [0.1, 0.15) is 6.92 Å². The molecule has 0 aliphatic rings. The molecule has 0 fully saturated rings. The van der Waals surface area contributed by atoms with Gasteiger partial charge in [-0.25, -0.2) is 34.9 Å². The third kappa shape index (κ3) is 5.17. The summed E-state index contributed by atoms with van der Waals surface area (Å²) in [6, 6.07) is 44.8. The fourth-order valence-electron chi connectivity index (χ4n) is 6.67. The Bertz CT molecular complexity index is 2620. The molecule has 4 heterocycles. The lowest BCUT2D eigenvalue weighted by molar-refractivity contribution is 1.06. The zero-order valence-corrected chi connectivity index (χ0v) is 28.1. The van der Waals surface area contributed by atoms with E-state index in [0.29, 0.717) is 34.6 Å². The van der Waals surface area contributed by atoms with Crippen molar-refractivity contribution in [2.45, 2.75) is 6.92 Å². The molecule has 0 unspecified atom stereocenters. The Morgan fingerprint density at radius 1 is 0.558 bits per heavy atom. The number of nitrogens with zero attached hydrogens (tertiary/aromatic N) is 10. The fourth-order valence-corrected chi connectivity index (χ4v) is 6.67. The largest absolute Gasteiger partial charge is 0.292 e. The first-order valence-electron chi connectivity index (χ1n) is 16.8. The highest BCUT2D eigenvalue weighted by atomic mass is 15.2. The van der Waals surface area contributed by atoms with Crippen LogP contribution in [-0.4, -0.2) is 51.6 Å². The molecule has 0 saturated heterocycles. The van der Waals surface area contributed by atoms with Crippen molar-refractivity contribution in [2.24, 2.45) is 9.98 Å². The van der Waals surface area contributed by atoms with E-state index < -0.39 is 0 Å². The van der Waals surface area contributed by atoms with Crippen LogP contribution in [0.2, 0.25) is 0 Å². The standard InChI is InChI=1S/C42H30N10/c1-3-44-36-41(43-2)51(32-17-9-5-10-18-32)39(48-36)29-25-28(38-47-34-21-13-14-22-35(34)50(38)31-15-7-4-8-16-31)26-30(27-29)40-49-37-42(46-24-23-45-37)52(40)33-19-11-6-12-20-33/h3-27H,2H2,1H3/b44-3-. The second kappa shape index (κ2) is 12.8. The molecule has 9 rings (SSSR count). The lowest BCUT2D eigenvalue weighted by Gasteiger charge is -2.15. The summed E-state index contributed by atoms with van der Waals surface area (Å²) in [7, 11) is 0. The summed E-state index contributed by atoms with van der Waals surface area (Å²) >= 11 is 0. The quantitative estimate of drug-likeness (QED) is 0.149. The zero-order chi connectivity index (χ0) is 35.0. The number of imidazole rings is 3. The van der Waals surface area contributed by atoms with Crippen LogP contribution in [0.5, 0.6) is 0 Å². The molecule has 10 heteroatoms. The van der Waals surface area contributed by atoms with Crippen molar-refractivity contribution in [3.63, 3.8) is 0 Å². The lowest BCUT2D eigenvalue weighted by Crippen LogP contribution is -2.02. The number of para-hydroxylation sites is 5. The van der Waals surface area contributed by atoms with Crippen molar-refractivity contribution >= 4 is 46.9 Å². The third-order valence-corrected chi connectivity index (χ3v) is 8.84. The normalized spacial score (nSPS) is 11.6. The van der Waals surface area contributed by atoms with E-state index in [0.717, 1.165) is 50.6 Å². The van der Waals surface area contributed by atoms with Gasteiger partial charge < -0.3 is 0 Å². The Morgan fingerprint density at radius 3 is 1.69 bits per heavy atom. The van der Waals surface area contributed by atoms with Crippen LogP contribution in [0.25, 0.3) is 73.6 Å². The van der Waals surface area contributed by atoms with Crippen molar-refractivity contribution in [1.29, 1.82) is 0 Å². The van der Waals surface area contributed by atoms with Gasteiger partial charge in [-0.15, -0.1) is 0 Å². The van der Waals surface area contributed by atoms with Gasteiger partial charge in [-0.05, 0) is 80.4 Å². The molecule has 0 aliphatic carbocycles. The maximum Gasteiger partial charge on any atom is 0.198 e. The maximum atomic E-state index is 5.23. The molecule has 0 atom stereocenters. The number of hydrogen-bond donors (Lipinski definition) is 0. The summed E-state index contributed by atoms with van der Waals surface area (Å²) in [4.78, 5) is 33.7. The molecule has 0 amide bonds. The van der Waals surface area contributed by atoms with Crippen LogP contribution in [-0.2, 0) is 0 Å². The third-order valence-electron chi connectivity index (χ3n) is 8.84. The molecule has 52 heavy (non-hydrogen) atoms. The first-order chi connectivity index (χ1) is 25.7. The van der Waals surface area contributed by atoms with Crippen LogP contribution in [0, 0.1) is 0 Å². The van der Waals surface area contributed by atoms with Crippen LogP contribution in [0.15, 0.2) is 156 Å². The topological polar surface area (TPSA) is 104 Å².